The highest BCUT2D eigenvalue weighted by Crippen LogP contribution is 2.23. The molecule has 5 heteroatoms. The van der Waals surface area contributed by atoms with Crippen LogP contribution in [-0.4, -0.2) is 10.1 Å². The third-order valence-electron chi connectivity index (χ3n) is 3.09. The molecule has 0 bridgehead atoms. The van der Waals surface area contributed by atoms with E-state index in [9.17, 15) is 0 Å². The lowest BCUT2D eigenvalue weighted by Gasteiger charge is -2.13. The summed E-state index contributed by atoms with van der Waals surface area (Å²) in [6.07, 6.45) is 0. The summed E-state index contributed by atoms with van der Waals surface area (Å²) in [5.41, 5.74) is 3.24. The van der Waals surface area contributed by atoms with Gasteiger partial charge in [0, 0.05) is 23.0 Å². The Bertz CT molecular complexity index is 525. The van der Waals surface area contributed by atoms with Crippen molar-refractivity contribution in [3.8, 4) is 0 Å². The van der Waals surface area contributed by atoms with E-state index in [1.165, 1.54) is 4.88 Å². The average molecular weight is 265 g/mol. The van der Waals surface area contributed by atoms with Gasteiger partial charge in [-0.3, -0.25) is 0 Å². The Balaban J connectivity index is 2.05. The molecule has 0 aliphatic rings. The second-order valence-corrected chi connectivity index (χ2v) is 5.87. The van der Waals surface area contributed by atoms with E-state index in [4.69, 9.17) is 4.52 Å². The zero-order valence-electron chi connectivity index (χ0n) is 11.5. The van der Waals surface area contributed by atoms with Crippen LogP contribution in [0.25, 0.3) is 0 Å². The van der Waals surface area contributed by atoms with Crippen LogP contribution in [0.15, 0.2) is 4.52 Å². The maximum absolute atomic E-state index is 5.20. The number of aryl methyl sites for hydroxylation is 4. The molecular formula is C13H19N3OS. The summed E-state index contributed by atoms with van der Waals surface area (Å²) in [6, 6.07) is 0.234. The topological polar surface area (TPSA) is 51.0 Å². The number of nitrogens with one attached hydrogen (secondary N) is 1. The molecule has 0 aliphatic carbocycles. The lowest BCUT2D eigenvalue weighted by Crippen LogP contribution is -2.19. The van der Waals surface area contributed by atoms with Gasteiger partial charge in [-0.25, -0.2) is 4.98 Å². The molecule has 18 heavy (non-hydrogen) atoms. The van der Waals surface area contributed by atoms with Gasteiger partial charge in [-0.2, -0.15) is 0 Å². The van der Waals surface area contributed by atoms with Crippen LogP contribution < -0.4 is 5.32 Å². The summed E-state index contributed by atoms with van der Waals surface area (Å²) in [5.74, 6) is 0.893. The maximum atomic E-state index is 5.20. The van der Waals surface area contributed by atoms with Crippen LogP contribution in [0.3, 0.4) is 0 Å². The molecular weight excluding hydrogens is 246 g/mol. The Labute approximate surface area is 111 Å². The molecule has 1 atom stereocenters. The summed E-state index contributed by atoms with van der Waals surface area (Å²) in [6.45, 7) is 11.0. The van der Waals surface area contributed by atoms with Gasteiger partial charge in [0.1, 0.15) is 5.76 Å². The Morgan fingerprint density at radius 1 is 1.22 bits per heavy atom. The zero-order valence-corrected chi connectivity index (χ0v) is 12.3. The van der Waals surface area contributed by atoms with Crippen molar-refractivity contribution in [2.75, 3.05) is 0 Å². The molecule has 0 spiro atoms. The van der Waals surface area contributed by atoms with Crippen LogP contribution >= 0.6 is 11.3 Å². The van der Waals surface area contributed by atoms with Crippen LogP contribution in [0.1, 0.15) is 45.6 Å². The molecule has 98 valence electrons. The maximum Gasteiger partial charge on any atom is 0.138 e. The first-order chi connectivity index (χ1) is 8.49. The van der Waals surface area contributed by atoms with E-state index in [2.05, 4.69) is 29.3 Å². The molecule has 2 rings (SSSR count). The van der Waals surface area contributed by atoms with Crippen LogP contribution in [0.5, 0.6) is 0 Å². The minimum absolute atomic E-state index is 0.234. The molecule has 0 aromatic carbocycles. The Kier molecular flexibility index (Phi) is 3.82. The Morgan fingerprint density at radius 2 is 1.94 bits per heavy atom. The molecule has 2 aromatic heterocycles. The smallest absolute Gasteiger partial charge is 0.138 e. The van der Waals surface area contributed by atoms with Crippen molar-refractivity contribution >= 4 is 11.3 Å². The van der Waals surface area contributed by atoms with Crippen LogP contribution in [0, 0.1) is 27.7 Å². The highest BCUT2D eigenvalue weighted by molar-refractivity contribution is 7.11. The van der Waals surface area contributed by atoms with Gasteiger partial charge in [0.25, 0.3) is 0 Å². The van der Waals surface area contributed by atoms with E-state index in [-0.39, 0.29) is 6.04 Å². The molecule has 0 saturated carbocycles. The minimum Gasteiger partial charge on any atom is -0.361 e. The molecule has 0 fully saturated rings. The second-order valence-electron chi connectivity index (χ2n) is 4.58. The first kappa shape index (κ1) is 13.2. The van der Waals surface area contributed by atoms with Gasteiger partial charge in [0.2, 0.25) is 0 Å². The lowest BCUT2D eigenvalue weighted by molar-refractivity contribution is 0.390. The highest BCUT2D eigenvalue weighted by atomic mass is 32.1. The van der Waals surface area contributed by atoms with Gasteiger partial charge in [-0.15, -0.1) is 11.3 Å². The van der Waals surface area contributed by atoms with Crippen molar-refractivity contribution in [1.82, 2.24) is 15.5 Å². The predicted molar refractivity (Wildman–Crippen MR) is 72.8 cm³/mol. The summed E-state index contributed by atoms with van der Waals surface area (Å²) in [7, 11) is 0. The van der Waals surface area contributed by atoms with E-state index in [1.807, 2.05) is 20.8 Å². The number of rotatable bonds is 4. The predicted octanol–water partition coefficient (Wildman–Crippen LogP) is 3.22. The first-order valence-corrected chi connectivity index (χ1v) is 6.89. The van der Waals surface area contributed by atoms with Crippen molar-refractivity contribution in [1.29, 1.82) is 0 Å². The quantitative estimate of drug-likeness (QED) is 0.922. The van der Waals surface area contributed by atoms with E-state index >= 15 is 0 Å². The monoisotopic (exact) mass is 265 g/mol. The van der Waals surface area contributed by atoms with Gasteiger partial charge < -0.3 is 9.84 Å². The highest BCUT2D eigenvalue weighted by Gasteiger charge is 2.16. The number of nitrogens with zero attached hydrogens (tertiary/aromatic N) is 2. The molecule has 0 radical (unpaired) electrons. The molecule has 0 amide bonds. The number of aromatic nitrogens is 2. The van der Waals surface area contributed by atoms with Crippen molar-refractivity contribution in [2.45, 2.75) is 47.2 Å². The molecule has 2 aromatic rings. The molecule has 2 heterocycles. The third kappa shape index (κ3) is 2.62. The normalized spacial score (nSPS) is 12.9. The zero-order chi connectivity index (χ0) is 13.3. The summed E-state index contributed by atoms with van der Waals surface area (Å²) < 4.78 is 5.20. The average Bonchev–Trinajstić information content (AvgIpc) is 2.79. The molecule has 4 nitrogen and oxygen atoms in total. The molecule has 1 N–H and O–H groups in total. The first-order valence-electron chi connectivity index (χ1n) is 6.08. The number of thiazole rings is 1. The van der Waals surface area contributed by atoms with Gasteiger partial charge in [-0.05, 0) is 34.6 Å². The van der Waals surface area contributed by atoms with Gasteiger partial charge in [-0.1, -0.05) is 5.16 Å². The standard InChI is InChI=1S/C13H19N3OS/c1-7-12(18-11(5)15-7)6-14-8(2)13-9(3)16-17-10(13)4/h8,14H,6H2,1-5H3. The fraction of sp³-hybridized carbons (Fsp3) is 0.538. The van der Waals surface area contributed by atoms with Gasteiger partial charge >= 0.3 is 0 Å². The summed E-state index contributed by atoms with van der Waals surface area (Å²) in [5, 5.41) is 8.62. The SMILES string of the molecule is Cc1nc(C)c(CNC(C)c2c(C)noc2C)s1. The summed E-state index contributed by atoms with van der Waals surface area (Å²) in [4.78, 5) is 5.73. The van der Waals surface area contributed by atoms with Gasteiger partial charge in [0.15, 0.2) is 0 Å². The van der Waals surface area contributed by atoms with Crippen molar-refractivity contribution in [3.05, 3.63) is 32.6 Å². The molecule has 1 unspecified atom stereocenters. The van der Waals surface area contributed by atoms with Crippen LogP contribution in [0.2, 0.25) is 0 Å². The van der Waals surface area contributed by atoms with Crippen molar-refractivity contribution in [3.63, 3.8) is 0 Å². The third-order valence-corrected chi connectivity index (χ3v) is 4.16. The molecule has 0 aliphatic heterocycles. The van der Waals surface area contributed by atoms with E-state index in [0.717, 1.165) is 34.3 Å². The number of hydrogen-bond donors (Lipinski definition) is 1. The van der Waals surface area contributed by atoms with Crippen molar-refractivity contribution in [2.24, 2.45) is 0 Å². The fourth-order valence-corrected chi connectivity index (χ4v) is 3.08. The fourth-order valence-electron chi connectivity index (χ4n) is 2.19. The summed E-state index contributed by atoms with van der Waals surface area (Å²) >= 11 is 1.75. The van der Waals surface area contributed by atoms with Crippen molar-refractivity contribution < 1.29 is 4.52 Å². The van der Waals surface area contributed by atoms with E-state index in [0.29, 0.717) is 0 Å². The lowest BCUT2D eigenvalue weighted by atomic mass is 10.1. The Morgan fingerprint density at radius 3 is 2.44 bits per heavy atom. The Hall–Kier alpha value is -1.20. The number of hydrogen-bond acceptors (Lipinski definition) is 5. The minimum atomic E-state index is 0.234. The van der Waals surface area contributed by atoms with Crippen LogP contribution in [-0.2, 0) is 6.54 Å². The second kappa shape index (κ2) is 5.20. The van der Waals surface area contributed by atoms with E-state index in [1.54, 1.807) is 11.3 Å². The van der Waals surface area contributed by atoms with Gasteiger partial charge in [0.05, 0.1) is 16.4 Å². The van der Waals surface area contributed by atoms with E-state index < -0.39 is 0 Å². The van der Waals surface area contributed by atoms with Crippen LogP contribution in [0.4, 0.5) is 0 Å². The molecule has 0 saturated heterocycles. The largest absolute Gasteiger partial charge is 0.361 e.